The van der Waals surface area contributed by atoms with Crippen LogP contribution in [0.25, 0.3) is 0 Å². The van der Waals surface area contributed by atoms with E-state index < -0.39 is 11.0 Å². The van der Waals surface area contributed by atoms with Crippen LogP contribution in [0.2, 0.25) is 0 Å². The van der Waals surface area contributed by atoms with E-state index in [1.54, 1.807) is 12.1 Å². The number of carbonyl (C=O) groups excluding carboxylic acids is 1. The van der Waals surface area contributed by atoms with Gasteiger partial charge in [0, 0.05) is 10.7 Å². The lowest BCUT2D eigenvalue weighted by molar-refractivity contribution is 0.0600. The molecule has 0 radical (unpaired) electrons. The van der Waals surface area contributed by atoms with E-state index in [-0.39, 0.29) is 0 Å². The maximum atomic E-state index is 11.6. The third-order valence-corrected chi connectivity index (χ3v) is 3.74. The minimum absolute atomic E-state index is 0.394. The molecule has 0 aliphatic carbocycles. The van der Waals surface area contributed by atoms with Crippen molar-refractivity contribution in [2.24, 2.45) is 0 Å². The molecule has 1 aromatic carbocycles. The van der Waals surface area contributed by atoms with Crippen LogP contribution < -0.4 is 5.32 Å². The number of dihydropyridines is 1. The Bertz CT molecular complexity index is 583. The van der Waals surface area contributed by atoms with Crippen molar-refractivity contribution in [1.82, 2.24) is 5.32 Å². The maximum Gasteiger partial charge on any atom is 0.337 e. The summed E-state index contributed by atoms with van der Waals surface area (Å²) in [6.07, 6.45) is 5.63. The molecule has 19 heavy (non-hydrogen) atoms. The fourth-order valence-corrected chi connectivity index (χ4v) is 2.50. The van der Waals surface area contributed by atoms with Crippen LogP contribution >= 0.6 is 27.5 Å². The van der Waals surface area contributed by atoms with Crippen molar-refractivity contribution in [2.45, 2.75) is 11.9 Å². The number of hydrogen-bond acceptors (Lipinski definition) is 3. The predicted molar refractivity (Wildman–Crippen MR) is 79.0 cm³/mol. The highest BCUT2D eigenvalue weighted by atomic mass is 79.9. The Morgan fingerprint density at radius 1 is 1.42 bits per heavy atom. The van der Waals surface area contributed by atoms with Crippen molar-refractivity contribution < 1.29 is 9.53 Å². The van der Waals surface area contributed by atoms with Gasteiger partial charge in [-0.15, -0.1) is 0 Å². The van der Waals surface area contributed by atoms with Crippen LogP contribution in [-0.4, -0.2) is 13.1 Å². The minimum atomic E-state index is -0.855. The van der Waals surface area contributed by atoms with E-state index in [9.17, 15) is 4.79 Å². The average Bonchev–Trinajstić information content (AvgIpc) is 2.40. The van der Waals surface area contributed by atoms with Crippen LogP contribution in [0.3, 0.4) is 0 Å². The summed E-state index contributed by atoms with van der Waals surface area (Å²) in [5.74, 6) is -0.394. The number of ether oxygens (including phenoxy) is 1. The third-order valence-electron chi connectivity index (χ3n) is 2.82. The summed E-state index contributed by atoms with van der Waals surface area (Å²) in [7, 11) is 1.35. The number of allylic oxidation sites excluding steroid dienone is 2. The van der Waals surface area contributed by atoms with E-state index in [4.69, 9.17) is 16.3 Å². The first-order valence-corrected chi connectivity index (χ1v) is 6.84. The fraction of sp³-hybridized carbons (Fsp3) is 0.214. The van der Waals surface area contributed by atoms with E-state index in [1.165, 1.54) is 7.11 Å². The normalized spacial score (nSPS) is 21.6. The van der Waals surface area contributed by atoms with Gasteiger partial charge in [-0.25, -0.2) is 4.79 Å². The number of hydrogen-bond donors (Lipinski definition) is 1. The molecule has 5 heteroatoms. The first-order valence-electron chi connectivity index (χ1n) is 5.66. The molecule has 0 fully saturated rings. The van der Waals surface area contributed by atoms with E-state index in [1.807, 2.05) is 31.3 Å². The SMILES string of the molecule is COC(=O)c1cc(Br)cc(C2(Cl)C=CC(C)=CN2)c1. The summed E-state index contributed by atoms with van der Waals surface area (Å²) < 4.78 is 5.50. The predicted octanol–water partition coefficient (Wildman–Crippen LogP) is 3.69. The molecular weight excluding hydrogens is 330 g/mol. The Labute approximate surface area is 125 Å². The molecule has 1 atom stereocenters. The molecule has 2 rings (SSSR count). The molecule has 3 nitrogen and oxygen atoms in total. The third kappa shape index (κ3) is 3.01. The number of halogens is 2. The van der Waals surface area contributed by atoms with Gasteiger partial charge in [0.2, 0.25) is 0 Å². The van der Waals surface area contributed by atoms with Gasteiger partial charge >= 0.3 is 5.97 Å². The summed E-state index contributed by atoms with van der Waals surface area (Å²) in [5.41, 5.74) is 2.30. The van der Waals surface area contributed by atoms with Crippen molar-refractivity contribution in [2.75, 3.05) is 7.11 Å². The van der Waals surface area contributed by atoms with Crippen molar-refractivity contribution in [3.05, 3.63) is 57.7 Å². The summed E-state index contributed by atoms with van der Waals surface area (Å²) in [6.45, 7) is 1.97. The molecule has 0 aromatic heterocycles. The van der Waals surface area contributed by atoms with Crippen molar-refractivity contribution in [3.8, 4) is 0 Å². The van der Waals surface area contributed by atoms with Crippen LogP contribution in [0, 0.1) is 0 Å². The van der Waals surface area contributed by atoms with Crippen LogP contribution in [0.15, 0.2) is 46.6 Å². The van der Waals surface area contributed by atoms with Crippen LogP contribution in [0.5, 0.6) is 0 Å². The van der Waals surface area contributed by atoms with E-state index >= 15 is 0 Å². The summed E-state index contributed by atoms with van der Waals surface area (Å²) in [6, 6.07) is 5.28. The van der Waals surface area contributed by atoms with Crippen molar-refractivity contribution in [1.29, 1.82) is 0 Å². The first kappa shape index (κ1) is 14.2. The second-order valence-electron chi connectivity index (χ2n) is 4.30. The molecule has 0 spiro atoms. The Balaban J connectivity index is 2.43. The zero-order valence-corrected chi connectivity index (χ0v) is 12.9. The van der Waals surface area contributed by atoms with Gasteiger partial charge in [0.1, 0.15) is 0 Å². The van der Waals surface area contributed by atoms with Gasteiger partial charge in [-0.3, -0.25) is 0 Å². The number of alkyl halides is 1. The number of rotatable bonds is 2. The van der Waals surface area contributed by atoms with Gasteiger partial charge in [-0.2, -0.15) is 0 Å². The molecular formula is C14H13BrClNO2. The zero-order chi connectivity index (χ0) is 14.0. The molecule has 1 unspecified atom stereocenters. The lowest BCUT2D eigenvalue weighted by Crippen LogP contribution is -2.33. The highest BCUT2D eigenvalue weighted by Gasteiger charge is 2.28. The number of methoxy groups -OCH3 is 1. The molecule has 1 aliphatic rings. The Morgan fingerprint density at radius 2 is 2.16 bits per heavy atom. The molecule has 1 aromatic rings. The van der Waals surface area contributed by atoms with E-state index in [0.29, 0.717) is 5.56 Å². The molecule has 1 heterocycles. The van der Waals surface area contributed by atoms with Gasteiger partial charge in [0.05, 0.1) is 12.7 Å². The molecule has 0 saturated carbocycles. The lowest BCUT2D eigenvalue weighted by atomic mass is 10.0. The molecule has 0 amide bonds. The fourth-order valence-electron chi connectivity index (χ4n) is 1.78. The topological polar surface area (TPSA) is 38.3 Å². The Morgan fingerprint density at radius 3 is 2.74 bits per heavy atom. The van der Waals surface area contributed by atoms with Gasteiger partial charge in [-0.05, 0) is 42.3 Å². The largest absolute Gasteiger partial charge is 0.465 e. The van der Waals surface area contributed by atoms with Gasteiger partial charge in [-0.1, -0.05) is 33.6 Å². The minimum Gasteiger partial charge on any atom is -0.465 e. The van der Waals surface area contributed by atoms with Gasteiger partial charge in [0.25, 0.3) is 0 Å². The van der Waals surface area contributed by atoms with Gasteiger partial charge < -0.3 is 10.1 Å². The first-order chi connectivity index (χ1) is 8.94. The summed E-state index contributed by atoms with van der Waals surface area (Å²) >= 11 is 9.92. The number of benzene rings is 1. The Hall–Kier alpha value is -1.26. The summed E-state index contributed by atoms with van der Waals surface area (Å²) in [4.78, 5) is 10.8. The van der Waals surface area contributed by atoms with E-state index in [2.05, 4.69) is 21.2 Å². The molecule has 1 N–H and O–H groups in total. The molecule has 0 saturated heterocycles. The van der Waals surface area contributed by atoms with Crippen LogP contribution in [0.1, 0.15) is 22.8 Å². The second kappa shape index (κ2) is 5.39. The quantitative estimate of drug-likeness (QED) is 0.506. The van der Waals surface area contributed by atoms with Crippen LogP contribution in [-0.2, 0) is 9.73 Å². The summed E-state index contributed by atoms with van der Waals surface area (Å²) in [5, 5.41) is 3.12. The zero-order valence-electron chi connectivity index (χ0n) is 10.5. The smallest absolute Gasteiger partial charge is 0.337 e. The lowest BCUT2D eigenvalue weighted by Gasteiger charge is -2.28. The average molecular weight is 343 g/mol. The Kier molecular flexibility index (Phi) is 4.02. The molecule has 0 bridgehead atoms. The standard InChI is InChI=1S/C14H13BrClNO2/c1-9-3-4-14(16,17-8-9)11-5-10(13(18)19-2)6-12(15)7-11/h3-8,17H,1-2H3. The number of nitrogens with one attached hydrogen (secondary N) is 1. The van der Waals surface area contributed by atoms with Crippen molar-refractivity contribution >= 4 is 33.5 Å². The highest BCUT2D eigenvalue weighted by Crippen LogP contribution is 2.33. The monoisotopic (exact) mass is 341 g/mol. The number of esters is 1. The van der Waals surface area contributed by atoms with E-state index in [0.717, 1.165) is 15.6 Å². The van der Waals surface area contributed by atoms with Crippen molar-refractivity contribution in [3.63, 3.8) is 0 Å². The molecule has 100 valence electrons. The molecule has 1 aliphatic heterocycles. The van der Waals surface area contributed by atoms with Crippen LogP contribution in [0.4, 0.5) is 0 Å². The highest BCUT2D eigenvalue weighted by molar-refractivity contribution is 9.10. The second-order valence-corrected chi connectivity index (χ2v) is 5.81. The number of carbonyl (C=O) groups is 1. The maximum absolute atomic E-state index is 11.6. The van der Waals surface area contributed by atoms with Gasteiger partial charge in [0.15, 0.2) is 5.00 Å².